The molecule has 1 aliphatic rings. The first kappa shape index (κ1) is 12.6. The normalized spacial score (nSPS) is 18.6. The highest BCUT2D eigenvalue weighted by Crippen LogP contribution is 2.27. The molecule has 4 heterocycles. The third-order valence-electron chi connectivity index (χ3n) is 3.87. The Morgan fingerprint density at radius 3 is 3.05 bits per heavy atom. The summed E-state index contributed by atoms with van der Waals surface area (Å²) in [4.78, 5) is 9.17. The van der Waals surface area contributed by atoms with Crippen LogP contribution in [-0.2, 0) is 11.3 Å². The number of fused-ring (bicyclic) bond motifs is 1. The topological polar surface area (TPSA) is 53.1 Å². The standard InChI is InChI=1S/C16H17N3O2/c1-11-6-7-14(21-11)16-18-13-5-2-8-17-15(13)19(16)10-12-4-3-9-20-12/h2,5-8,12H,3-4,9-10H2,1H3. The number of rotatable bonds is 3. The lowest BCUT2D eigenvalue weighted by Crippen LogP contribution is -2.16. The van der Waals surface area contributed by atoms with Crippen LogP contribution in [0.1, 0.15) is 18.6 Å². The van der Waals surface area contributed by atoms with Gasteiger partial charge in [-0.2, -0.15) is 0 Å². The van der Waals surface area contributed by atoms with Crippen LogP contribution >= 0.6 is 0 Å². The quantitative estimate of drug-likeness (QED) is 0.741. The largest absolute Gasteiger partial charge is 0.458 e. The van der Waals surface area contributed by atoms with Gasteiger partial charge in [-0.3, -0.25) is 0 Å². The molecule has 1 fully saturated rings. The van der Waals surface area contributed by atoms with Crippen LogP contribution in [0.25, 0.3) is 22.7 Å². The Morgan fingerprint density at radius 1 is 1.33 bits per heavy atom. The van der Waals surface area contributed by atoms with Gasteiger partial charge in [0.05, 0.1) is 12.6 Å². The van der Waals surface area contributed by atoms with Gasteiger partial charge in [-0.05, 0) is 44.0 Å². The first-order valence-electron chi connectivity index (χ1n) is 7.31. The van der Waals surface area contributed by atoms with Crippen LogP contribution in [0.5, 0.6) is 0 Å². The second-order valence-electron chi connectivity index (χ2n) is 5.44. The molecule has 0 saturated carbocycles. The van der Waals surface area contributed by atoms with Gasteiger partial charge in [0.2, 0.25) is 0 Å². The van der Waals surface area contributed by atoms with Gasteiger partial charge in [0.15, 0.2) is 17.2 Å². The predicted molar refractivity (Wildman–Crippen MR) is 78.9 cm³/mol. The molecule has 0 amide bonds. The fraction of sp³-hybridized carbons (Fsp3) is 0.375. The Labute approximate surface area is 122 Å². The molecule has 4 rings (SSSR count). The SMILES string of the molecule is Cc1ccc(-c2nc3cccnc3n2CC2CCCO2)o1. The van der Waals surface area contributed by atoms with Gasteiger partial charge >= 0.3 is 0 Å². The van der Waals surface area contributed by atoms with E-state index in [9.17, 15) is 0 Å². The van der Waals surface area contributed by atoms with E-state index in [1.165, 1.54) is 0 Å². The van der Waals surface area contributed by atoms with Crippen LogP contribution in [0.3, 0.4) is 0 Å². The number of pyridine rings is 1. The number of hydrogen-bond acceptors (Lipinski definition) is 4. The summed E-state index contributed by atoms with van der Waals surface area (Å²) in [6.45, 7) is 3.55. The van der Waals surface area contributed by atoms with Crippen LogP contribution in [0.4, 0.5) is 0 Å². The number of aryl methyl sites for hydroxylation is 1. The van der Waals surface area contributed by atoms with E-state index < -0.39 is 0 Å². The van der Waals surface area contributed by atoms with Crippen LogP contribution < -0.4 is 0 Å². The average molecular weight is 283 g/mol. The van der Waals surface area contributed by atoms with Crippen molar-refractivity contribution in [3.63, 3.8) is 0 Å². The van der Waals surface area contributed by atoms with Crippen molar-refractivity contribution in [3.8, 4) is 11.6 Å². The second-order valence-corrected chi connectivity index (χ2v) is 5.44. The number of furan rings is 1. The Kier molecular flexibility index (Phi) is 3.00. The number of nitrogens with zero attached hydrogens (tertiary/aromatic N) is 3. The Balaban J connectivity index is 1.84. The molecule has 5 nitrogen and oxygen atoms in total. The third-order valence-corrected chi connectivity index (χ3v) is 3.87. The van der Waals surface area contributed by atoms with Crippen LogP contribution in [0.2, 0.25) is 0 Å². The summed E-state index contributed by atoms with van der Waals surface area (Å²) in [7, 11) is 0. The second kappa shape index (κ2) is 5.00. The molecule has 1 unspecified atom stereocenters. The Bertz CT molecular complexity index is 769. The fourth-order valence-electron chi connectivity index (χ4n) is 2.87. The molecule has 5 heteroatoms. The number of ether oxygens (including phenoxy) is 1. The maximum atomic E-state index is 5.76. The lowest BCUT2D eigenvalue weighted by Gasteiger charge is -2.12. The first-order chi connectivity index (χ1) is 10.3. The monoisotopic (exact) mass is 283 g/mol. The van der Waals surface area contributed by atoms with Crippen molar-refractivity contribution in [1.82, 2.24) is 14.5 Å². The average Bonchev–Trinajstić information content (AvgIpc) is 3.20. The highest BCUT2D eigenvalue weighted by Gasteiger charge is 2.22. The van der Waals surface area contributed by atoms with Crippen molar-refractivity contribution in [3.05, 3.63) is 36.2 Å². The van der Waals surface area contributed by atoms with Crippen molar-refractivity contribution in [2.75, 3.05) is 6.61 Å². The molecule has 0 spiro atoms. The summed E-state index contributed by atoms with van der Waals surface area (Å²) in [5.41, 5.74) is 1.77. The summed E-state index contributed by atoms with van der Waals surface area (Å²) in [6.07, 6.45) is 4.25. The highest BCUT2D eigenvalue weighted by molar-refractivity contribution is 5.75. The van der Waals surface area contributed by atoms with E-state index in [1.807, 2.05) is 31.2 Å². The lowest BCUT2D eigenvalue weighted by molar-refractivity contribution is 0.0980. The number of imidazole rings is 1. The van der Waals surface area contributed by atoms with Gasteiger partial charge < -0.3 is 13.7 Å². The zero-order chi connectivity index (χ0) is 14.2. The van der Waals surface area contributed by atoms with E-state index in [4.69, 9.17) is 9.15 Å². The van der Waals surface area contributed by atoms with Crippen LogP contribution in [0, 0.1) is 6.92 Å². The van der Waals surface area contributed by atoms with Crippen molar-refractivity contribution < 1.29 is 9.15 Å². The molecule has 3 aromatic heterocycles. The molecule has 1 saturated heterocycles. The van der Waals surface area contributed by atoms with Gasteiger partial charge in [0.1, 0.15) is 11.3 Å². The van der Waals surface area contributed by atoms with Crippen molar-refractivity contribution >= 4 is 11.2 Å². The van der Waals surface area contributed by atoms with Gasteiger partial charge in [-0.25, -0.2) is 9.97 Å². The molecular weight excluding hydrogens is 266 g/mol. The molecule has 0 bridgehead atoms. The van der Waals surface area contributed by atoms with E-state index in [0.29, 0.717) is 0 Å². The van der Waals surface area contributed by atoms with Crippen molar-refractivity contribution in [2.24, 2.45) is 0 Å². The summed E-state index contributed by atoms with van der Waals surface area (Å²) in [5, 5.41) is 0. The smallest absolute Gasteiger partial charge is 0.178 e. The molecule has 0 aromatic carbocycles. The summed E-state index contributed by atoms with van der Waals surface area (Å²) in [5.74, 6) is 2.49. The Morgan fingerprint density at radius 2 is 2.29 bits per heavy atom. The van der Waals surface area contributed by atoms with E-state index in [2.05, 4.69) is 14.5 Å². The van der Waals surface area contributed by atoms with Gasteiger partial charge in [0, 0.05) is 12.8 Å². The molecule has 108 valence electrons. The minimum Gasteiger partial charge on any atom is -0.458 e. The molecule has 0 N–H and O–H groups in total. The highest BCUT2D eigenvalue weighted by atomic mass is 16.5. The molecule has 21 heavy (non-hydrogen) atoms. The van der Waals surface area contributed by atoms with Gasteiger partial charge in [-0.1, -0.05) is 0 Å². The van der Waals surface area contributed by atoms with Crippen molar-refractivity contribution in [1.29, 1.82) is 0 Å². The summed E-state index contributed by atoms with van der Waals surface area (Å²) < 4.78 is 13.6. The first-order valence-corrected chi connectivity index (χ1v) is 7.31. The third kappa shape index (κ3) is 2.23. The van der Waals surface area contributed by atoms with E-state index in [-0.39, 0.29) is 6.10 Å². The predicted octanol–water partition coefficient (Wildman–Crippen LogP) is 3.18. The summed E-state index contributed by atoms with van der Waals surface area (Å²) >= 11 is 0. The van der Waals surface area contributed by atoms with E-state index in [1.54, 1.807) is 6.20 Å². The molecule has 3 aromatic rings. The Hall–Kier alpha value is -2.14. The minimum atomic E-state index is 0.235. The molecule has 0 aliphatic carbocycles. The van der Waals surface area contributed by atoms with E-state index in [0.717, 1.165) is 54.5 Å². The van der Waals surface area contributed by atoms with Crippen molar-refractivity contribution in [2.45, 2.75) is 32.4 Å². The maximum Gasteiger partial charge on any atom is 0.178 e. The zero-order valence-electron chi connectivity index (χ0n) is 12.0. The molecule has 0 radical (unpaired) electrons. The minimum absolute atomic E-state index is 0.235. The van der Waals surface area contributed by atoms with Gasteiger partial charge in [0.25, 0.3) is 0 Å². The number of hydrogen-bond donors (Lipinski definition) is 0. The molecular formula is C16H17N3O2. The maximum absolute atomic E-state index is 5.76. The summed E-state index contributed by atoms with van der Waals surface area (Å²) in [6, 6.07) is 7.80. The molecule has 1 aliphatic heterocycles. The van der Waals surface area contributed by atoms with E-state index >= 15 is 0 Å². The van der Waals surface area contributed by atoms with Gasteiger partial charge in [-0.15, -0.1) is 0 Å². The fourth-order valence-corrected chi connectivity index (χ4v) is 2.87. The zero-order valence-corrected chi connectivity index (χ0v) is 12.0. The van der Waals surface area contributed by atoms with Crippen LogP contribution in [-0.4, -0.2) is 27.2 Å². The number of aromatic nitrogens is 3. The lowest BCUT2D eigenvalue weighted by atomic mass is 10.2. The van der Waals surface area contributed by atoms with Crippen LogP contribution in [0.15, 0.2) is 34.9 Å². The molecule has 1 atom stereocenters.